The summed E-state index contributed by atoms with van der Waals surface area (Å²) in [6.07, 6.45) is 0.623. The molecule has 0 spiro atoms. The highest BCUT2D eigenvalue weighted by Gasteiger charge is 2.55. The number of carbonyl (C=O) groups excluding carboxylic acids is 4. The van der Waals surface area contributed by atoms with Gasteiger partial charge in [0.2, 0.25) is 23.5 Å². The van der Waals surface area contributed by atoms with Crippen LogP contribution in [0.1, 0.15) is 40.4 Å². The van der Waals surface area contributed by atoms with Crippen LogP contribution in [0.4, 0.5) is 0 Å². The van der Waals surface area contributed by atoms with Crippen LogP contribution in [0.3, 0.4) is 0 Å². The summed E-state index contributed by atoms with van der Waals surface area (Å²) in [5, 5.41) is 24.5. The molecular weight excluding hydrogens is 642 g/mol. The first-order valence-electron chi connectivity index (χ1n) is 16.3. The van der Waals surface area contributed by atoms with Crippen LogP contribution in [0.15, 0.2) is 103 Å². The molecule has 3 aromatic rings. The standard InChI is InChI=1S/C38H41N3O9/c1-24(43)33(36(46)39-20-21-42)40-35(45)27-22-30(48-37(47)26-17-14-25(15-18-26)16-19-32(44)41(2)3)34-31(23-27)49-38(50-34,28-10-6-4-7-11-28)29-12-8-5-9-13-29/h4-19,23-24,30-31,33-34,42-43H,20-22H2,1-3H3,(H,39,46)(H,40,45). The number of hydrogen-bond donors (Lipinski definition) is 4. The molecule has 1 fully saturated rings. The van der Waals surface area contributed by atoms with Crippen molar-refractivity contribution < 1.29 is 43.6 Å². The van der Waals surface area contributed by atoms with E-state index in [1.807, 2.05) is 60.7 Å². The summed E-state index contributed by atoms with van der Waals surface area (Å²) < 4.78 is 19.5. The first kappa shape index (κ1) is 36.1. The maximum absolute atomic E-state index is 13.7. The highest BCUT2D eigenvalue weighted by atomic mass is 16.8. The zero-order valence-corrected chi connectivity index (χ0v) is 28.0. The van der Waals surface area contributed by atoms with Gasteiger partial charge >= 0.3 is 5.97 Å². The molecule has 1 heterocycles. The fraction of sp³-hybridized carbons (Fsp3) is 0.316. The van der Waals surface area contributed by atoms with Crippen LogP contribution in [-0.2, 0) is 34.4 Å². The lowest BCUT2D eigenvalue weighted by Crippen LogP contribution is -2.54. The number of aliphatic hydroxyl groups is 2. The summed E-state index contributed by atoms with van der Waals surface area (Å²) in [5.74, 6) is -3.59. The molecule has 3 amide bonds. The number of likely N-dealkylation sites (N-methyl/N-ethyl adjacent to an activating group) is 1. The molecule has 1 aliphatic carbocycles. The highest BCUT2D eigenvalue weighted by molar-refractivity contribution is 5.98. The summed E-state index contributed by atoms with van der Waals surface area (Å²) >= 11 is 0. The number of amides is 3. The van der Waals surface area contributed by atoms with Crippen LogP contribution in [-0.4, -0.2) is 96.5 Å². The Labute approximate surface area is 290 Å². The van der Waals surface area contributed by atoms with Crippen molar-refractivity contribution in [2.24, 2.45) is 0 Å². The van der Waals surface area contributed by atoms with Crippen LogP contribution >= 0.6 is 0 Å². The van der Waals surface area contributed by atoms with E-state index in [1.54, 1.807) is 50.5 Å². The predicted molar refractivity (Wildman–Crippen MR) is 183 cm³/mol. The van der Waals surface area contributed by atoms with Gasteiger partial charge in [-0.2, -0.15) is 0 Å². The quantitative estimate of drug-likeness (QED) is 0.166. The molecule has 4 N–H and O–H groups in total. The molecule has 5 unspecified atom stereocenters. The molecule has 0 radical (unpaired) electrons. The Hall–Kier alpha value is -5.14. The maximum Gasteiger partial charge on any atom is 0.338 e. The molecule has 5 atom stereocenters. The number of hydrogen-bond acceptors (Lipinski definition) is 9. The number of esters is 1. The summed E-state index contributed by atoms with van der Waals surface area (Å²) in [6, 6.07) is 23.8. The minimum atomic E-state index is -1.41. The van der Waals surface area contributed by atoms with Gasteiger partial charge in [0.1, 0.15) is 24.4 Å². The Bertz CT molecular complexity index is 1680. The van der Waals surface area contributed by atoms with Gasteiger partial charge in [-0.05, 0) is 36.8 Å². The van der Waals surface area contributed by atoms with E-state index in [0.29, 0.717) is 16.7 Å². The molecule has 12 nitrogen and oxygen atoms in total. The Balaban J connectivity index is 1.46. The van der Waals surface area contributed by atoms with Gasteiger partial charge in [-0.3, -0.25) is 14.4 Å². The fourth-order valence-electron chi connectivity index (χ4n) is 5.77. The van der Waals surface area contributed by atoms with Crippen molar-refractivity contribution in [2.45, 2.75) is 49.6 Å². The average molecular weight is 684 g/mol. The van der Waals surface area contributed by atoms with E-state index >= 15 is 0 Å². The van der Waals surface area contributed by atoms with Gasteiger partial charge in [0.25, 0.3) is 0 Å². The predicted octanol–water partition coefficient (Wildman–Crippen LogP) is 2.30. The molecule has 2 aliphatic rings. The molecular formula is C38H41N3O9. The van der Waals surface area contributed by atoms with Crippen LogP contribution in [0, 0.1) is 0 Å². The van der Waals surface area contributed by atoms with Gasteiger partial charge in [0, 0.05) is 49.8 Å². The lowest BCUT2D eigenvalue weighted by molar-refractivity contribution is -0.157. The van der Waals surface area contributed by atoms with Gasteiger partial charge in [-0.15, -0.1) is 0 Å². The van der Waals surface area contributed by atoms with Gasteiger partial charge in [-0.1, -0.05) is 72.8 Å². The molecule has 0 bridgehead atoms. The van der Waals surface area contributed by atoms with Gasteiger partial charge in [-0.25, -0.2) is 4.79 Å². The van der Waals surface area contributed by atoms with E-state index in [-0.39, 0.29) is 36.6 Å². The number of rotatable bonds is 12. The van der Waals surface area contributed by atoms with E-state index in [1.165, 1.54) is 17.9 Å². The monoisotopic (exact) mass is 683 g/mol. The number of aliphatic hydroxyl groups excluding tert-OH is 2. The molecule has 12 heteroatoms. The van der Waals surface area contributed by atoms with E-state index in [2.05, 4.69) is 10.6 Å². The van der Waals surface area contributed by atoms with Crippen molar-refractivity contribution in [1.82, 2.24) is 15.5 Å². The van der Waals surface area contributed by atoms with Crippen LogP contribution in [0.25, 0.3) is 6.08 Å². The summed E-state index contributed by atoms with van der Waals surface area (Å²) in [7, 11) is 3.30. The molecule has 3 aromatic carbocycles. The molecule has 5 rings (SSSR count). The topological polar surface area (TPSA) is 164 Å². The van der Waals surface area contributed by atoms with Crippen molar-refractivity contribution in [3.63, 3.8) is 0 Å². The highest BCUT2D eigenvalue weighted by Crippen LogP contribution is 2.47. The zero-order chi connectivity index (χ0) is 35.8. The van der Waals surface area contributed by atoms with E-state index in [0.717, 1.165) is 0 Å². The summed E-state index contributed by atoms with van der Waals surface area (Å²) in [6.45, 7) is 0.994. The number of nitrogens with one attached hydrogen (secondary N) is 2. The van der Waals surface area contributed by atoms with Crippen molar-refractivity contribution >= 4 is 29.8 Å². The van der Waals surface area contributed by atoms with Crippen molar-refractivity contribution in [1.29, 1.82) is 0 Å². The summed E-state index contributed by atoms with van der Waals surface area (Å²) in [5.41, 5.74) is 2.49. The first-order valence-corrected chi connectivity index (χ1v) is 16.3. The first-order chi connectivity index (χ1) is 24.0. The van der Waals surface area contributed by atoms with Gasteiger partial charge in [0.05, 0.1) is 18.3 Å². The van der Waals surface area contributed by atoms with Gasteiger partial charge < -0.3 is 40.0 Å². The number of ether oxygens (including phenoxy) is 3. The van der Waals surface area contributed by atoms with Crippen LogP contribution in [0.5, 0.6) is 0 Å². The van der Waals surface area contributed by atoms with Crippen molar-refractivity contribution in [3.8, 4) is 0 Å². The Morgan fingerprint density at radius 3 is 2.14 bits per heavy atom. The molecule has 1 saturated heterocycles. The molecule has 0 aromatic heterocycles. The second-order valence-electron chi connectivity index (χ2n) is 12.2. The third-order valence-corrected chi connectivity index (χ3v) is 8.41. The third-order valence-electron chi connectivity index (χ3n) is 8.41. The Morgan fingerprint density at radius 2 is 1.58 bits per heavy atom. The van der Waals surface area contributed by atoms with Crippen molar-refractivity contribution in [2.75, 3.05) is 27.2 Å². The van der Waals surface area contributed by atoms with E-state index in [9.17, 15) is 24.3 Å². The summed E-state index contributed by atoms with van der Waals surface area (Å²) in [4.78, 5) is 53.3. The normalized spacial score (nSPS) is 20.6. The molecule has 1 aliphatic heterocycles. The van der Waals surface area contributed by atoms with Gasteiger partial charge in [0.15, 0.2) is 0 Å². The van der Waals surface area contributed by atoms with Crippen LogP contribution < -0.4 is 10.6 Å². The van der Waals surface area contributed by atoms with Crippen LogP contribution in [0.2, 0.25) is 0 Å². The average Bonchev–Trinajstić information content (AvgIpc) is 3.54. The third kappa shape index (κ3) is 8.17. The molecule has 0 saturated carbocycles. The SMILES string of the molecule is CC(O)C(NC(=O)C1=CC2OC(c3ccccc3)(c3ccccc3)OC2C(OC(=O)c2ccc(C=CC(=O)N(C)C)cc2)C1)C(=O)NCCO. The lowest BCUT2D eigenvalue weighted by Gasteiger charge is -2.31. The number of carbonyl (C=O) groups is 4. The zero-order valence-electron chi connectivity index (χ0n) is 28.0. The van der Waals surface area contributed by atoms with E-state index in [4.69, 9.17) is 19.3 Å². The minimum absolute atomic E-state index is 0.0554. The lowest BCUT2D eigenvalue weighted by atomic mass is 9.91. The number of nitrogens with zero attached hydrogens (tertiary/aromatic N) is 1. The fourth-order valence-corrected chi connectivity index (χ4v) is 5.77. The largest absolute Gasteiger partial charge is 0.456 e. The second kappa shape index (κ2) is 16.0. The minimum Gasteiger partial charge on any atom is -0.456 e. The molecule has 262 valence electrons. The Morgan fingerprint density at radius 1 is 0.960 bits per heavy atom. The second-order valence-corrected chi connectivity index (χ2v) is 12.2. The maximum atomic E-state index is 13.7. The smallest absolute Gasteiger partial charge is 0.338 e. The number of fused-ring (bicyclic) bond motifs is 1. The Kier molecular flexibility index (Phi) is 11.6. The van der Waals surface area contributed by atoms with E-state index < -0.39 is 54.0 Å². The number of benzene rings is 3. The van der Waals surface area contributed by atoms with Crippen molar-refractivity contribution in [3.05, 3.63) is 125 Å². The molecule has 50 heavy (non-hydrogen) atoms.